The summed E-state index contributed by atoms with van der Waals surface area (Å²) < 4.78 is 59.7. The van der Waals surface area contributed by atoms with Gasteiger partial charge in [-0.15, -0.1) is 0 Å². The van der Waals surface area contributed by atoms with Crippen LogP contribution in [-0.2, 0) is 20.2 Å². The number of carbonyl (C=O) groups excluding carboxylic acids is 1. The van der Waals surface area contributed by atoms with E-state index >= 15 is 0 Å². The molecule has 3 aromatic carbocycles. The van der Waals surface area contributed by atoms with Crippen molar-refractivity contribution in [2.45, 2.75) is 51.0 Å². The van der Waals surface area contributed by atoms with E-state index in [0.717, 1.165) is 34.4 Å². The number of nitrogens with one attached hydrogen (secondary N) is 1. The second-order valence-corrected chi connectivity index (χ2v) is 11.6. The predicted octanol–water partition coefficient (Wildman–Crippen LogP) is 6.96. The molecule has 0 aromatic heterocycles. The van der Waals surface area contributed by atoms with Gasteiger partial charge in [0.05, 0.1) is 22.3 Å². The minimum atomic E-state index is -4.83. The van der Waals surface area contributed by atoms with E-state index in [1.807, 2.05) is 48.5 Å². The van der Waals surface area contributed by atoms with Gasteiger partial charge in [-0.25, -0.2) is 9.59 Å². The van der Waals surface area contributed by atoms with Crippen LogP contribution in [0.1, 0.15) is 66.2 Å². The Bertz CT molecular complexity index is 1540. The van der Waals surface area contributed by atoms with Gasteiger partial charge in [-0.05, 0) is 73.1 Å². The van der Waals surface area contributed by atoms with Crippen molar-refractivity contribution < 1.29 is 41.9 Å². The van der Waals surface area contributed by atoms with Crippen LogP contribution in [0.4, 0.5) is 18.0 Å². The van der Waals surface area contributed by atoms with Gasteiger partial charge < -0.3 is 24.5 Å². The highest BCUT2D eigenvalue weighted by atomic mass is 19.4. The lowest BCUT2D eigenvalue weighted by Gasteiger charge is -2.32. The van der Waals surface area contributed by atoms with Gasteiger partial charge in [0.25, 0.3) is 0 Å². The average molecular weight is 593 g/mol. The van der Waals surface area contributed by atoms with Crippen molar-refractivity contribution in [3.8, 4) is 11.1 Å². The maximum atomic E-state index is 14.0. The van der Waals surface area contributed by atoms with Gasteiger partial charge in [-0.3, -0.25) is 0 Å². The Morgan fingerprint density at radius 1 is 0.953 bits per heavy atom. The lowest BCUT2D eigenvalue weighted by atomic mass is 9.76. The van der Waals surface area contributed by atoms with Crippen LogP contribution in [0.15, 0.2) is 72.2 Å². The van der Waals surface area contributed by atoms with Crippen molar-refractivity contribution >= 4 is 25.3 Å². The fraction of sp³-hybridized carbons (Fsp3) is 0.312. The van der Waals surface area contributed by atoms with Crippen LogP contribution in [-0.4, -0.2) is 48.6 Å². The Morgan fingerprint density at radius 2 is 1.51 bits per heavy atom. The number of hydrogen-bond acceptors (Lipinski definition) is 5. The molecule has 0 unspecified atom stereocenters. The number of alkyl carbamates (subject to hydrolysis) is 1. The van der Waals surface area contributed by atoms with Gasteiger partial charge in [0.15, 0.2) is 0 Å². The Kier molecular flexibility index (Phi) is 7.91. The number of hydrogen-bond donors (Lipinski definition) is 2. The minimum Gasteiger partial charge on any atom is -0.478 e. The lowest BCUT2D eigenvalue weighted by molar-refractivity contribution is -0.137. The summed E-state index contributed by atoms with van der Waals surface area (Å²) in [5.74, 6) is -1.65. The molecule has 1 aliphatic carbocycles. The molecule has 0 bridgehead atoms. The molecule has 1 aliphatic heterocycles. The maximum Gasteiger partial charge on any atom is 0.492 e. The van der Waals surface area contributed by atoms with Crippen LogP contribution in [0.3, 0.4) is 0 Å². The van der Waals surface area contributed by atoms with Gasteiger partial charge >= 0.3 is 25.4 Å². The Labute approximate surface area is 247 Å². The largest absolute Gasteiger partial charge is 0.492 e. The van der Waals surface area contributed by atoms with E-state index in [1.165, 1.54) is 6.08 Å². The van der Waals surface area contributed by atoms with Gasteiger partial charge in [-0.1, -0.05) is 60.7 Å². The highest BCUT2D eigenvalue weighted by Gasteiger charge is 2.52. The molecule has 0 spiro atoms. The van der Waals surface area contributed by atoms with Crippen LogP contribution in [0.25, 0.3) is 17.2 Å². The SMILES string of the molecule is CC1(C)OB(C(=Cc2ccc(C(=O)O)cc2C(F)(F)F)CNC(=O)OCC2c3ccccc3-c3ccccc32)OC1(C)C. The van der Waals surface area contributed by atoms with Crippen molar-refractivity contribution in [3.05, 3.63) is 100 Å². The van der Waals surface area contributed by atoms with Crippen molar-refractivity contribution in [1.82, 2.24) is 5.32 Å². The number of carboxylic acids is 1. The summed E-state index contributed by atoms with van der Waals surface area (Å²) in [5.41, 5.74) is 0.886. The Hall–Kier alpha value is -4.09. The topological polar surface area (TPSA) is 94.1 Å². The number of amides is 1. The first-order valence-electron chi connectivity index (χ1n) is 13.8. The number of ether oxygens (including phenoxy) is 1. The lowest BCUT2D eigenvalue weighted by Crippen LogP contribution is -2.41. The summed E-state index contributed by atoms with van der Waals surface area (Å²) in [5, 5.41) is 11.9. The van der Waals surface area contributed by atoms with E-state index in [2.05, 4.69) is 5.32 Å². The van der Waals surface area contributed by atoms with Crippen molar-refractivity contribution in [3.63, 3.8) is 0 Å². The number of benzene rings is 3. The van der Waals surface area contributed by atoms with Gasteiger partial charge in [0, 0.05) is 12.5 Å². The molecule has 11 heteroatoms. The molecule has 43 heavy (non-hydrogen) atoms. The second kappa shape index (κ2) is 11.2. The third-order valence-corrected chi connectivity index (χ3v) is 8.28. The number of aromatic carboxylic acids is 1. The Morgan fingerprint density at radius 3 is 2.05 bits per heavy atom. The molecule has 224 valence electrons. The summed E-state index contributed by atoms with van der Waals surface area (Å²) in [7, 11) is -1.08. The van der Waals surface area contributed by atoms with E-state index in [-0.39, 0.29) is 30.1 Å². The molecule has 1 fully saturated rings. The fourth-order valence-corrected chi connectivity index (χ4v) is 5.28. The van der Waals surface area contributed by atoms with Gasteiger partial charge in [-0.2, -0.15) is 13.2 Å². The molecular formula is C32H31BF3NO6. The quantitative estimate of drug-likeness (QED) is 0.288. The van der Waals surface area contributed by atoms with Crippen LogP contribution in [0.5, 0.6) is 0 Å². The van der Waals surface area contributed by atoms with E-state index < -0.39 is 47.7 Å². The fourth-order valence-electron chi connectivity index (χ4n) is 5.28. The molecular weight excluding hydrogens is 562 g/mol. The monoisotopic (exact) mass is 593 g/mol. The van der Waals surface area contributed by atoms with Crippen LogP contribution < -0.4 is 5.32 Å². The highest BCUT2D eigenvalue weighted by Crippen LogP contribution is 2.44. The van der Waals surface area contributed by atoms with Crippen LogP contribution in [0, 0.1) is 0 Å². The van der Waals surface area contributed by atoms with E-state index in [1.54, 1.807) is 27.7 Å². The van der Waals surface area contributed by atoms with E-state index in [9.17, 15) is 27.9 Å². The molecule has 0 saturated carbocycles. The molecule has 5 rings (SSSR count). The smallest absolute Gasteiger partial charge is 0.478 e. The van der Waals surface area contributed by atoms with E-state index in [0.29, 0.717) is 6.07 Å². The number of alkyl halides is 3. The molecule has 0 radical (unpaired) electrons. The normalized spacial score (nSPS) is 17.4. The number of fused-ring (bicyclic) bond motifs is 3. The first kappa shape index (κ1) is 30.4. The number of halogens is 3. The maximum absolute atomic E-state index is 14.0. The molecule has 1 amide bonds. The van der Waals surface area contributed by atoms with Crippen molar-refractivity contribution in [2.75, 3.05) is 13.2 Å². The molecule has 0 atom stereocenters. The third kappa shape index (κ3) is 6.05. The van der Waals surface area contributed by atoms with Crippen LogP contribution >= 0.6 is 0 Å². The second-order valence-electron chi connectivity index (χ2n) is 11.6. The zero-order valence-corrected chi connectivity index (χ0v) is 24.1. The van der Waals surface area contributed by atoms with Gasteiger partial charge in [0.2, 0.25) is 0 Å². The molecule has 1 heterocycles. The number of carbonyl (C=O) groups is 2. The summed E-state index contributed by atoms with van der Waals surface area (Å²) in [4.78, 5) is 24.3. The predicted molar refractivity (Wildman–Crippen MR) is 156 cm³/mol. The van der Waals surface area contributed by atoms with E-state index in [4.69, 9.17) is 14.0 Å². The zero-order chi connectivity index (χ0) is 31.2. The molecule has 2 N–H and O–H groups in total. The summed E-state index contributed by atoms with van der Waals surface area (Å²) in [6, 6.07) is 18.5. The number of rotatable bonds is 7. The standard InChI is InChI=1S/C32H31BF3NO6/c1-30(2)31(3,4)43-33(42-30)21(15-19-13-14-20(28(38)39)16-27(19)32(34,35)36)17-37-29(40)41-18-26-24-11-7-5-9-22(24)23-10-6-8-12-25(23)26/h5-16,26H,17-18H2,1-4H3,(H,37,40)(H,38,39). The number of carboxylic acid groups (broad SMARTS) is 1. The minimum absolute atomic E-state index is 0.0598. The Balaban J connectivity index is 1.38. The van der Waals surface area contributed by atoms with Gasteiger partial charge in [0.1, 0.15) is 6.61 Å². The van der Waals surface area contributed by atoms with Crippen molar-refractivity contribution in [1.29, 1.82) is 0 Å². The molecule has 1 saturated heterocycles. The summed E-state index contributed by atoms with van der Waals surface area (Å²) in [6.45, 7) is 7.01. The zero-order valence-electron chi connectivity index (χ0n) is 24.1. The first-order valence-corrected chi connectivity index (χ1v) is 13.8. The van der Waals surface area contributed by atoms with Crippen molar-refractivity contribution in [2.24, 2.45) is 0 Å². The average Bonchev–Trinajstić information content (AvgIpc) is 3.38. The molecule has 2 aliphatic rings. The first-order chi connectivity index (χ1) is 20.2. The summed E-state index contributed by atoms with van der Waals surface area (Å²) >= 11 is 0. The molecule has 3 aromatic rings. The van der Waals surface area contributed by atoms with Crippen LogP contribution in [0.2, 0.25) is 0 Å². The third-order valence-electron chi connectivity index (χ3n) is 8.28. The highest BCUT2D eigenvalue weighted by molar-refractivity contribution is 6.56. The molecule has 7 nitrogen and oxygen atoms in total. The summed E-state index contributed by atoms with van der Waals surface area (Å²) in [6.07, 6.45) is -4.39.